The van der Waals surface area contributed by atoms with Crippen LogP contribution in [0.3, 0.4) is 0 Å². The zero-order valence-corrected chi connectivity index (χ0v) is 11.8. The molecule has 0 bridgehead atoms. The van der Waals surface area contributed by atoms with E-state index in [0.717, 1.165) is 11.1 Å². The monoisotopic (exact) mass is 301 g/mol. The van der Waals surface area contributed by atoms with Crippen molar-refractivity contribution in [3.8, 4) is 11.3 Å². The van der Waals surface area contributed by atoms with Crippen LogP contribution in [-0.2, 0) is 5.75 Å². The molecule has 0 amide bonds. The second-order valence-corrected chi connectivity index (χ2v) is 5.30. The van der Waals surface area contributed by atoms with Gasteiger partial charge in [0, 0.05) is 17.5 Å². The van der Waals surface area contributed by atoms with Gasteiger partial charge >= 0.3 is 0 Å². The lowest BCUT2D eigenvalue weighted by Gasteiger charge is -1.99. The average molecular weight is 301 g/mol. The van der Waals surface area contributed by atoms with E-state index in [0.29, 0.717) is 22.6 Å². The molecule has 0 aliphatic heterocycles. The summed E-state index contributed by atoms with van der Waals surface area (Å²) in [4.78, 5) is 8.15. The zero-order valence-electron chi connectivity index (χ0n) is 11.0. The van der Waals surface area contributed by atoms with Gasteiger partial charge in [-0.15, -0.1) is 0 Å². The Hall–Kier alpha value is -2.34. The molecule has 2 N–H and O–H groups in total. The summed E-state index contributed by atoms with van der Waals surface area (Å²) in [5.74, 6) is 1.53. The van der Waals surface area contributed by atoms with Gasteiger partial charge in [0.15, 0.2) is 5.76 Å². The van der Waals surface area contributed by atoms with E-state index < -0.39 is 0 Å². The number of thioether (sulfide) groups is 1. The fraction of sp³-hybridized carbons (Fsp3) is 0.0667. The minimum atomic E-state index is -0.275. The fourth-order valence-corrected chi connectivity index (χ4v) is 2.55. The van der Waals surface area contributed by atoms with Crippen LogP contribution in [0, 0.1) is 5.82 Å². The predicted molar refractivity (Wildman–Crippen MR) is 80.1 cm³/mol. The summed E-state index contributed by atoms with van der Waals surface area (Å²) in [7, 11) is 0. The number of oxazole rings is 1. The highest BCUT2D eigenvalue weighted by Gasteiger charge is 2.07. The average Bonchev–Trinajstić information content (AvgIpc) is 2.95. The molecule has 2 aromatic heterocycles. The maximum atomic E-state index is 12.9. The molecule has 6 heteroatoms. The summed E-state index contributed by atoms with van der Waals surface area (Å²) in [5.41, 5.74) is 7.48. The van der Waals surface area contributed by atoms with Gasteiger partial charge in [0.2, 0.25) is 0 Å². The van der Waals surface area contributed by atoms with Crippen LogP contribution in [-0.4, -0.2) is 9.97 Å². The molecule has 0 saturated heterocycles. The molecule has 2 heterocycles. The van der Waals surface area contributed by atoms with E-state index in [1.165, 1.54) is 23.9 Å². The zero-order chi connectivity index (χ0) is 14.7. The lowest BCUT2D eigenvalue weighted by molar-refractivity contribution is 0.466. The van der Waals surface area contributed by atoms with Gasteiger partial charge < -0.3 is 10.2 Å². The van der Waals surface area contributed by atoms with Crippen LogP contribution in [0.5, 0.6) is 0 Å². The molecule has 3 rings (SSSR count). The second-order valence-electron chi connectivity index (χ2n) is 4.37. The Balaban J connectivity index is 1.69. The van der Waals surface area contributed by atoms with E-state index in [1.54, 1.807) is 24.5 Å². The SMILES string of the molecule is Nc1cc(CSc2ncc(-c3ccc(F)cc3)o2)ccn1. The Labute approximate surface area is 125 Å². The van der Waals surface area contributed by atoms with E-state index >= 15 is 0 Å². The number of nitrogen functional groups attached to an aromatic ring is 1. The highest BCUT2D eigenvalue weighted by molar-refractivity contribution is 7.98. The van der Waals surface area contributed by atoms with Gasteiger partial charge in [0.25, 0.3) is 5.22 Å². The standard InChI is InChI=1S/C15H12FN3OS/c16-12-3-1-11(2-4-12)13-8-19-15(20-13)21-9-10-5-6-18-14(17)7-10/h1-8H,9H2,(H2,17,18). The third kappa shape index (κ3) is 3.41. The molecule has 4 nitrogen and oxygen atoms in total. The molecular formula is C15H12FN3OS. The summed E-state index contributed by atoms with van der Waals surface area (Å²) in [6.45, 7) is 0. The summed E-state index contributed by atoms with van der Waals surface area (Å²) < 4.78 is 18.5. The number of nitrogens with two attached hydrogens (primary N) is 1. The van der Waals surface area contributed by atoms with Gasteiger partial charge in [-0.2, -0.15) is 0 Å². The van der Waals surface area contributed by atoms with Crippen molar-refractivity contribution in [1.29, 1.82) is 0 Å². The molecule has 0 radical (unpaired) electrons. The number of rotatable bonds is 4. The largest absolute Gasteiger partial charge is 0.431 e. The Kier molecular flexibility index (Phi) is 3.87. The number of aromatic nitrogens is 2. The third-order valence-corrected chi connectivity index (χ3v) is 3.73. The van der Waals surface area contributed by atoms with Crippen molar-refractivity contribution < 1.29 is 8.81 Å². The highest BCUT2D eigenvalue weighted by atomic mass is 32.2. The van der Waals surface area contributed by atoms with Crippen molar-refractivity contribution in [2.24, 2.45) is 0 Å². The van der Waals surface area contributed by atoms with Gasteiger partial charge in [-0.05, 0) is 42.0 Å². The molecular weight excluding hydrogens is 289 g/mol. The lowest BCUT2D eigenvalue weighted by Crippen LogP contribution is -1.90. The van der Waals surface area contributed by atoms with Crippen molar-refractivity contribution in [3.63, 3.8) is 0 Å². The summed E-state index contributed by atoms with van der Waals surface area (Å²) >= 11 is 1.47. The first-order valence-electron chi connectivity index (χ1n) is 6.26. The number of halogens is 1. The Bertz CT molecular complexity index is 743. The van der Waals surface area contributed by atoms with Gasteiger partial charge in [0.1, 0.15) is 11.6 Å². The van der Waals surface area contributed by atoms with Crippen LogP contribution in [0.1, 0.15) is 5.56 Å². The highest BCUT2D eigenvalue weighted by Crippen LogP contribution is 2.27. The molecule has 0 fully saturated rings. The minimum Gasteiger partial charge on any atom is -0.431 e. The van der Waals surface area contributed by atoms with Gasteiger partial charge in [-0.25, -0.2) is 14.4 Å². The number of hydrogen-bond donors (Lipinski definition) is 1. The molecule has 3 aromatic rings. The fourth-order valence-electron chi connectivity index (χ4n) is 1.80. The summed E-state index contributed by atoms with van der Waals surface area (Å²) in [5, 5.41) is 0.560. The molecule has 1 aromatic carbocycles. The molecule has 0 atom stereocenters. The topological polar surface area (TPSA) is 64.9 Å². The van der Waals surface area contributed by atoms with Crippen LogP contribution in [0.2, 0.25) is 0 Å². The molecule has 106 valence electrons. The van der Waals surface area contributed by atoms with Crippen molar-refractivity contribution in [1.82, 2.24) is 9.97 Å². The summed E-state index contributed by atoms with van der Waals surface area (Å²) in [6, 6.07) is 9.82. The number of nitrogens with zero attached hydrogens (tertiary/aromatic N) is 2. The normalized spacial score (nSPS) is 10.7. The molecule has 0 unspecified atom stereocenters. The van der Waals surface area contributed by atoms with Gasteiger partial charge in [-0.3, -0.25) is 0 Å². The molecule has 0 saturated carbocycles. The van der Waals surface area contributed by atoms with Crippen LogP contribution < -0.4 is 5.73 Å². The van der Waals surface area contributed by atoms with Crippen LogP contribution in [0.4, 0.5) is 10.2 Å². The maximum Gasteiger partial charge on any atom is 0.256 e. The van der Waals surface area contributed by atoms with Gasteiger partial charge in [-0.1, -0.05) is 11.8 Å². The minimum absolute atomic E-state index is 0.275. The molecule has 0 spiro atoms. The Morgan fingerprint density at radius 2 is 1.95 bits per heavy atom. The van der Waals surface area contributed by atoms with Crippen molar-refractivity contribution in [2.75, 3.05) is 5.73 Å². The van der Waals surface area contributed by atoms with E-state index in [1.807, 2.05) is 12.1 Å². The quantitative estimate of drug-likeness (QED) is 0.743. The van der Waals surface area contributed by atoms with E-state index in [4.69, 9.17) is 10.2 Å². The second kappa shape index (κ2) is 5.97. The van der Waals surface area contributed by atoms with Crippen molar-refractivity contribution >= 4 is 17.6 Å². The third-order valence-electron chi connectivity index (χ3n) is 2.82. The first-order valence-corrected chi connectivity index (χ1v) is 7.24. The molecule has 0 aliphatic rings. The Morgan fingerprint density at radius 1 is 1.14 bits per heavy atom. The van der Waals surface area contributed by atoms with E-state index in [9.17, 15) is 4.39 Å². The smallest absolute Gasteiger partial charge is 0.256 e. The lowest BCUT2D eigenvalue weighted by atomic mass is 10.2. The first-order chi connectivity index (χ1) is 10.2. The number of pyridine rings is 1. The van der Waals surface area contributed by atoms with E-state index in [2.05, 4.69) is 9.97 Å². The number of hydrogen-bond acceptors (Lipinski definition) is 5. The number of anilines is 1. The van der Waals surface area contributed by atoms with E-state index in [-0.39, 0.29) is 5.82 Å². The summed E-state index contributed by atoms with van der Waals surface area (Å²) in [6.07, 6.45) is 3.31. The van der Waals surface area contributed by atoms with Crippen LogP contribution >= 0.6 is 11.8 Å². The van der Waals surface area contributed by atoms with Crippen LogP contribution in [0.25, 0.3) is 11.3 Å². The first kappa shape index (κ1) is 13.6. The molecule has 21 heavy (non-hydrogen) atoms. The predicted octanol–water partition coefficient (Wildman–Crippen LogP) is 3.75. The maximum absolute atomic E-state index is 12.9. The van der Waals surface area contributed by atoms with Crippen LogP contribution in [0.15, 0.2) is 58.4 Å². The van der Waals surface area contributed by atoms with Crippen molar-refractivity contribution in [3.05, 3.63) is 60.2 Å². The van der Waals surface area contributed by atoms with Gasteiger partial charge in [0.05, 0.1) is 6.20 Å². The van der Waals surface area contributed by atoms with Crippen molar-refractivity contribution in [2.45, 2.75) is 11.0 Å². The number of benzene rings is 1. The molecule has 0 aliphatic carbocycles. The Morgan fingerprint density at radius 3 is 2.71 bits per heavy atom.